The molecule has 1 N–H and O–H groups in total. The Morgan fingerprint density at radius 1 is 1.09 bits per heavy atom. The predicted molar refractivity (Wildman–Crippen MR) is 81.2 cm³/mol. The molecule has 2 aromatic carbocycles. The minimum absolute atomic E-state index is 0.578. The van der Waals surface area contributed by atoms with Crippen LogP contribution < -0.4 is 5.32 Å². The van der Waals surface area contributed by atoms with Gasteiger partial charge in [-0.25, -0.2) is 13.6 Å². The van der Waals surface area contributed by atoms with E-state index in [9.17, 15) is 18.4 Å². The van der Waals surface area contributed by atoms with E-state index in [1.54, 1.807) is 6.07 Å². The lowest BCUT2D eigenvalue weighted by atomic mass is 10.1. The second kappa shape index (κ2) is 7.00. The van der Waals surface area contributed by atoms with Crippen molar-refractivity contribution < 1.29 is 23.1 Å². The van der Waals surface area contributed by atoms with Crippen LogP contribution in [0, 0.1) is 25.5 Å². The van der Waals surface area contributed by atoms with Crippen molar-refractivity contribution in [2.24, 2.45) is 0 Å². The molecule has 0 aliphatic heterocycles. The first-order valence-electron chi connectivity index (χ1n) is 6.86. The van der Waals surface area contributed by atoms with E-state index < -0.39 is 35.7 Å². The number of hydrogen-bond donors (Lipinski definition) is 1. The highest BCUT2D eigenvalue weighted by molar-refractivity contribution is 5.96. The largest absolute Gasteiger partial charge is 0.452 e. The molecule has 120 valence electrons. The van der Waals surface area contributed by atoms with Crippen molar-refractivity contribution in [3.8, 4) is 0 Å². The first-order valence-corrected chi connectivity index (χ1v) is 6.86. The molecule has 0 atom stereocenters. The highest BCUT2D eigenvalue weighted by Crippen LogP contribution is 2.16. The Balaban J connectivity index is 1.98. The maximum absolute atomic E-state index is 13.4. The maximum atomic E-state index is 13.4. The number of carbonyl (C=O) groups excluding carboxylic acids is 2. The van der Waals surface area contributed by atoms with Crippen molar-refractivity contribution in [2.75, 3.05) is 11.9 Å². The SMILES string of the molecule is Cc1ccc(NC(=O)COC(=O)c2c(F)cccc2F)c(C)c1. The number of esters is 1. The monoisotopic (exact) mass is 319 g/mol. The summed E-state index contributed by atoms with van der Waals surface area (Å²) in [7, 11) is 0. The zero-order chi connectivity index (χ0) is 17.0. The van der Waals surface area contributed by atoms with Crippen molar-refractivity contribution in [1.29, 1.82) is 0 Å². The molecule has 6 heteroatoms. The van der Waals surface area contributed by atoms with E-state index in [0.29, 0.717) is 5.69 Å². The van der Waals surface area contributed by atoms with Crippen molar-refractivity contribution in [2.45, 2.75) is 13.8 Å². The molecule has 0 fully saturated rings. The van der Waals surface area contributed by atoms with Crippen LogP contribution in [0.2, 0.25) is 0 Å². The van der Waals surface area contributed by atoms with Crippen LogP contribution in [-0.4, -0.2) is 18.5 Å². The Hall–Kier alpha value is -2.76. The van der Waals surface area contributed by atoms with Crippen molar-refractivity contribution >= 4 is 17.6 Å². The predicted octanol–water partition coefficient (Wildman–Crippen LogP) is 3.38. The highest BCUT2D eigenvalue weighted by Gasteiger charge is 2.19. The van der Waals surface area contributed by atoms with Gasteiger partial charge in [-0.05, 0) is 37.6 Å². The number of rotatable bonds is 4. The van der Waals surface area contributed by atoms with Gasteiger partial charge in [-0.2, -0.15) is 0 Å². The van der Waals surface area contributed by atoms with E-state index in [1.807, 2.05) is 26.0 Å². The van der Waals surface area contributed by atoms with Crippen molar-refractivity contribution in [1.82, 2.24) is 0 Å². The quantitative estimate of drug-likeness (QED) is 0.879. The number of halogens is 2. The Bertz CT molecular complexity index is 739. The van der Waals surface area contributed by atoms with E-state index in [4.69, 9.17) is 0 Å². The fourth-order valence-corrected chi connectivity index (χ4v) is 2.04. The summed E-state index contributed by atoms with van der Waals surface area (Å²) in [5.41, 5.74) is 1.66. The van der Waals surface area contributed by atoms with E-state index in [0.717, 1.165) is 29.3 Å². The molecule has 2 aromatic rings. The smallest absolute Gasteiger partial charge is 0.344 e. The first-order chi connectivity index (χ1) is 10.9. The van der Waals surface area contributed by atoms with Gasteiger partial charge in [0.15, 0.2) is 6.61 Å². The van der Waals surface area contributed by atoms with Crippen LogP contribution in [0.5, 0.6) is 0 Å². The lowest BCUT2D eigenvalue weighted by Crippen LogP contribution is -2.22. The molecule has 23 heavy (non-hydrogen) atoms. The van der Waals surface area contributed by atoms with E-state index in [2.05, 4.69) is 10.1 Å². The van der Waals surface area contributed by atoms with Gasteiger partial charge in [0.25, 0.3) is 5.91 Å². The van der Waals surface area contributed by atoms with E-state index in [1.165, 1.54) is 0 Å². The lowest BCUT2D eigenvalue weighted by Gasteiger charge is -2.10. The molecule has 0 saturated carbocycles. The van der Waals surface area contributed by atoms with Crippen LogP contribution in [0.15, 0.2) is 36.4 Å². The zero-order valence-electron chi connectivity index (χ0n) is 12.7. The van der Waals surface area contributed by atoms with Crippen LogP contribution >= 0.6 is 0 Å². The first kappa shape index (κ1) is 16.6. The Kier molecular flexibility index (Phi) is 5.05. The van der Waals surface area contributed by atoms with E-state index in [-0.39, 0.29) is 0 Å². The van der Waals surface area contributed by atoms with Gasteiger partial charge >= 0.3 is 5.97 Å². The standard InChI is InChI=1S/C17H15F2NO3/c1-10-6-7-14(11(2)8-10)20-15(21)9-23-17(22)16-12(18)4-3-5-13(16)19/h3-8H,9H2,1-2H3,(H,20,21). The average Bonchev–Trinajstić information content (AvgIpc) is 2.48. The third-order valence-electron chi connectivity index (χ3n) is 3.16. The molecule has 1 amide bonds. The van der Waals surface area contributed by atoms with Gasteiger partial charge in [0.1, 0.15) is 17.2 Å². The summed E-state index contributed by atoms with van der Waals surface area (Å²) in [6.45, 7) is 3.10. The molecule has 4 nitrogen and oxygen atoms in total. The van der Waals surface area contributed by atoms with Crippen LogP contribution in [0.1, 0.15) is 21.5 Å². The van der Waals surface area contributed by atoms with Crippen molar-refractivity contribution in [3.63, 3.8) is 0 Å². The Morgan fingerprint density at radius 2 is 1.74 bits per heavy atom. The third-order valence-corrected chi connectivity index (χ3v) is 3.16. The number of aryl methyl sites for hydroxylation is 2. The van der Waals surface area contributed by atoms with Gasteiger partial charge in [0, 0.05) is 5.69 Å². The summed E-state index contributed by atoms with van der Waals surface area (Å²) in [5.74, 6) is -3.90. The van der Waals surface area contributed by atoms with Crippen molar-refractivity contribution in [3.05, 3.63) is 64.7 Å². The Morgan fingerprint density at radius 3 is 2.35 bits per heavy atom. The number of hydrogen-bond acceptors (Lipinski definition) is 3. The second-order valence-electron chi connectivity index (χ2n) is 5.04. The summed E-state index contributed by atoms with van der Waals surface area (Å²) in [6, 6.07) is 8.44. The normalized spacial score (nSPS) is 10.3. The summed E-state index contributed by atoms with van der Waals surface area (Å²) >= 11 is 0. The number of carbonyl (C=O) groups is 2. The number of nitrogens with one attached hydrogen (secondary N) is 1. The average molecular weight is 319 g/mol. The molecule has 0 bridgehead atoms. The highest BCUT2D eigenvalue weighted by atomic mass is 19.1. The Labute approximate surface area is 132 Å². The molecular formula is C17H15F2NO3. The molecule has 0 aliphatic rings. The van der Waals surface area contributed by atoms with Gasteiger partial charge in [0.2, 0.25) is 0 Å². The fraction of sp³-hybridized carbons (Fsp3) is 0.176. The van der Waals surface area contributed by atoms with Gasteiger partial charge in [-0.15, -0.1) is 0 Å². The number of amides is 1. The second-order valence-corrected chi connectivity index (χ2v) is 5.04. The molecule has 0 aliphatic carbocycles. The number of ether oxygens (including phenoxy) is 1. The van der Waals surface area contributed by atoms with Crippen LogP contribution in [0.25, 0.3) is 0 Å². The summed E-state index contributed by atoms with van der Waals surface area (Å²) in [6.07, 6.45) is 0. The van der Waals surface area contributed by atoms with Crippen LogP contribution in [-0.2, 0) is 9.53 Å². The van der Waals surface area contributed by atoms with E-state index >= 15 is 0 Å². The van der Waals surface area contributed by atoms with Gasteiger partial charge in [-0.1, -0.05) is 23.8 Å². The third kappa shape index (κ3) is 4.12. The maximum Gasteiger partial charge on any atom is 0.344 e. The molecule has 0 aromatic heterocycles. The zero-order valence-corrected chi connectivity index (χ0v) is 12.7. The lowest BCUT2D eigenvalue weighted by molar-refractivity contribution is -0.119. The minimum atomic E-state index is -1.23. The number of benzene rings is 2. The fourth-order valence-electron chi connectivity index (χ4n) is 2.04. The molecular weight excluding hydrogens is 304 g/mol. The van der Waals surface area contributed by atoms with Gasteiger partial charge in [0.05, 0.1) is 0 Å². The molecule has 0 spiro atoms. The van der Waals surface area contributed by atoms with Gasteiger partial charge in [-0.3, -0.25) is 4.79 Å². The topological polar surface area (TPSA) is 55.4 Å². The number of anilines is 1. The van der Waals surface area contributed by atoms with Gasteiger partial charge < -0.3 is 10.1 Å². The minimum Gasteiger partial charge on any atom is -0.452 e. The molecule has 0 heterocycles. The molecule has 0 saturated heterocycles. The molecule has 2 rings (SSSR count). The summed E-state index contributed by atoms with van der Waals surface area (Å²) in [5, 5.41) is 2.57. The van der Waals surface area contributed by atoms with Crippen LogP contribution in [0.4, 0.5) is 14.5 Å². The summed E-state index contributed by atoms with van der Waals surface area (Å²) in [4.78, 5) is 23.5. The molecule has 0 unspecified atom stereocenters. The summed E-state index contributed by atoms with van der Waals surface area (Å²) < 4.78 is 31.5. The van der Waals surface area contributed by atoms with Crippen LogP contribution in [0.3, 0.4) is 0 Å². The molecule has 0 radical (unpaired) electrons.